The molecule has 1 rings (SSSR count). The van der Waals surface area contributed by atoms with Gasteiger partial charge in [-0.15, -0.1) is 0 Å². The fraction of sp³-hybridized carbons (Fsp3) is 0.833. The summed E-state index contributed by atoms with van der Waals surface area (Å²) in [4.78, 5) is 10.4. The lowest BCUT2D eigenvalue weighted by Crippen LogP contribution is -2.26. The molecule has 128 valence electrons. The predicted octanol–water partition coefficient (Wildman–Crippen LogP) is 3.92. The van der Waals surface area contributed by atoms with E-state index >= 15 is 0 Å². The Labute approximate surface area is 134 Å². The Morgan fingerprint density at radius 3 is 2.50 bits per heavy atom. The van der Waals surface area contributed by atoms with Crippen LogP contribution in [0, 0.1) is 5.92 Å². The van der Waals surface area contributed by atoms with Gasteiger partial charge in [-0.3, -0.25) is 4.79 Å². The van der Waals surface area contributed by atoms with E-state index in [2.05, 4.69) is 6.92 Å². The number of aliphatic hydroxyl groups excluding tert-OH is 1. The van der Waals surface area contributed by atoms with Crippen LogP contribution in [0.3, 0.4) is 0 Å². The van der Waals surface area contributed by atoms with Crippen molar-refractivity contribution in [2.45, 2.75) is 83.3 Å². The molecule has 0 saturated carbocycles. The van der Waals surface area contributed by atoms with E-state index in [1.165, 1.54) is 25.7 Å². The van der Waals surface area contributed by atoms with Gasteiger partial charge >= 0.3 is 5.97 Å². The summed E-state index contributed by atoms with van der Waals surface area (Å²) in [6, 6.07) is 0. The second kappa shape index (κ2) is 11.7. The van der Waals surface area contributed by atoms with Crippen molar-refractivity contribution in [2.24, 2.45) is 5.92 Å². The van der Waals surface area contributed by atoms with Crippen molar-refractivity contribution in [2.75, 3.05) is 6.61 Å². The smallest absolute Gasteiger partial charge is 0.303 e. The molecule has 0 bridgehead atoms. The first kappa shape index (κ1) is 19.2. The largest absolute Gasteiger partial charge is 0.481 e. The van der Waals surface area contributed by atoms with Gasteiger partial charge in [0.1, 0.15) is 0 Å². The third kappa shape index (κ3) is 7.95. The Bertz CT molecular complexity index is 327. The van der Waals surface area contributed by atoms with Crippen molar-refractivity contribution < 1.29 is 19.7 Å². The highest BCUT2D eigenvalue weighted by Crippen LogP contribution is 2.28. The third-order valence-electron chi connectivity index (χ3n) is 4.34. The van der Waals surface area contributed by atoms with Crippen LogP contribution < -0.4 is 0 Å². The molecule has 0 heterocycles. The standard InChI is InChI=1S/C18H32O4/c1-2-3-4-5-7-10-15-16(19)12-13-17(15)22-14-9-6-8-11-18(20)21/h12-13,15-17,19H,2-11,14H2,1H3,(H,20,21). The highest BCUT2D eigenvalue weighted by Gasteiger charge is 2.30. The van der Waals surface area contributed by atoms with Gasteiger partial charge < -0.3 is 14.9 Å². The van der Waals surface area contributed by atoms with E-state index in [0.717, 1.165) is 25.7 Å². The van der Waals surface area contributed by atoms with Gasteiger partial charge in [0.05, 0.1) is 12.2 Å². The molecule has 3 unspecified atom stereocenters. The zero-order chi connectivity index (χ0) is 16.2. The maximum Gasteiger partial charge on any atom is 0.303 e. The zero-order valence-corrected chi connectivity index (χ0v) is 13.9. The Morgan fingerprint density at radius 2 is 1.77 bits per heavy atom. The van der Waals surface area contributed by atoms with Gasteiger partial charge in [-0.25, -0.2) is 0 Å². The molecule has 0 spiro atoms. The molecule has 0 aromatic rings. The van der Waals surface area contributed by atoms with Crippen LogP contribution in [0.5, 0.6) is 0 Å². The molecule has 4 nitrogen and oxygen atoms in total. The molecule has 3 atom stereocenters. The molecule has 0 aromatic carbocycles. The highest BCUT2D eigenvalue weighted by atomic mass is 16.5. The predicted molar refractivity (Wildman–Crippen MR) is 87.9 cm³/mol. The summed E-state index contributed by atoms with van der Waals surface area (Å²) >= 11 is 0. The first-order valence-electron chi connectivity index (χ1n) is 8.85. The van der Waals surface area contributed by atoms with Crippen LogP contribution in [-0.4, -0.2) is 35.0 Å². The molecule has 0 fully saturated rings. The second-order valence-electron chi connectivity index (χ2n) is 6.28. The monoisotopic (exact) mass is 312 g/mol. The van der Waals surface area contributed by atoms with Crippen LogP contribution in [0.25, 0.3) is 0 Å². The fourth-order valence-electron chi connectivity index (χ4n) is 2.98. The zero-order valence-electron chi connectivity index (χ0n) is 13.9. The average Bonchev–Trinajstić information content (AvgIpc) is 2.83. The SMILES string of the molecule is CCCCCCCC1C(O)C=CC1OCCCCCC(=O)O. The number of carboxylic acids is 1. The number of carboxylic acid groups (broad SMARTS) is 1. The van der Waals surface area contributed by atoms with Crippen molar-refractivity contribution >= 4 is 5.97 Å². The molecule has 0 aromatic heterocycles. The van der Waals surface area contributed by atoms with Gasteiger partial charge in [0.25, 0.3) is 0 Å². The van der Waals surface area contributed by atoms with Crippen molar-refractivity contribution in [3.63, 3.8) is 0 Å². The lowest BCUT2D eigenvalue weighted by atomic mass is 9.94. The topological polar surface area (TPSA) is 66.8 Å². The molecule has 1 aliphatic rings. The summed E-state index contributed by atoms with van der Waals surface area (Å²) in [5.41, 5.74) is 0. The number of aliphatic carboxylic acids is 1. The van der Waals surface area contributed by atoms with Gasteiger partial charge in [-0.2, -0.15) is 0 Å². The van der Waals surface area contributed by atoms with E-state index < -0.39 is 5.97 Å². The minimum absolute atomic E-state index is 0.0284. The summed E-state index contributed by atoms with van der Waals surface area (Å²) in [6.07, 6.45) is 13.4. The molecule has 2 N–H and O–H groups in total. The van der Waals surface area contributed by atoms with Gasteiger partial charge in [0, 0.05) is 18.9 Å². The van der Waals surface area contributed by atoms with E-state index in [1.807, 2.05) is 12.2 Å². The van der Waals surface area contributed by atoms with Crippen molar-refractivity contribution in [1.82, 2.24) is 0 Å². The molecule has 0 saturated heterocycles. The van der Waals surface area contributed by atoms with E-state index in [-0.39, 0.29) is 24.5 Å². The fourth-order valence-corrected chi connectivity index (χ4v) is 2.98. The molecular weight excluding hydrogens is 280 g/mol. The van der Waals surface area contributed by atoms with Crippen molar-refractivity contribution in [3.8, 4) is 0 Å². The van der Waals surface area contributed by atoms with Crippen LogP contribution in [0.1, 0.15) is 71.1 Å². The molecule has 1 aliphatic carbocycles. The number of aliphatic hydroxyl groups is 1. The van der Waals surface area contributed by atoms with E-state index in [0.29, 0.717) is 13.0 Å². The number of unbranched alkanes of at least 4 members (excludes halogenated alkanes) is 6. The molecular formula is C18H32O4. The van der Waals surface area contributed by atoms with E-state index in [4.69, 9.17) is 9.84 Å². The normalized spacial score (nSPS) is 24.0. The second-order valence-corrected chi connectivity index (χ2v) is 6.28. The number of hydrogen-bond donors (Lipinski definition) is 2. The quantitative estimate of drug-likeness (QED) is 0.399. The van der Waals surface area contributed by atoms with Crippen LogP contribution >= 0.6 is 0 Å². The molecule has 22 heavy (non-hydrogen) atoms. The van der Waals surface area contributed by atoms with Crippen LogP contribution in [0.4, 0.5) is 0 Å². The Balaban J connectivity index is 2.12. The lowest BCUT2D eigenvalue weighted by Gasteiger charge is -2.22. The highest BCUT2D eigenvalue weighted by molar-refractivity contribution is 5.66. The average molecular weight is 312 g/mol. The molecule has 0 amide bonds. The molecule has 0 radical (unpaired) electrons. The number of hydrogen-bond acceptors (Lipinski definition) is 3. The maximum atomic E-state index is 10.4. The van der Waals surface area contributed by atoms with Gasteiger partial charge in [0.15, 0.2) is 0 Å². The molecule has 4 heteroatoms. The van der Waals surface area contributed by atoms with E-state index in [9.17, 15) is 9.90 Å². The summed E-state index contributed by atoms with van der Waals surface area (Å²) in [7, 11) is 0. The van der Waals surface area contributed by atoms with E-state index in [1.54, 1.807) is 0 Å². The van der Waals surface area contributed by atoms with Crippen LogP contribution in [0.2, 0.25) is 0 Å². The molecule has 0 aliphatic heterocycles. The summed E-state index contributed by atoms with van der Waals surface area (Å²) < 4.78 is 5.88. The Hall–Kier alpha value is -0.870. The summed E-state index contributed by atoms with van der Waals surface area (Å²) in [5, 5.41) is 18.6. The van der Waals surface area contributed by atoms with Gasteiger partial charge in [-0.05, 0) is 19.3 Å². The lowest BCUT2D eigenvalue weighted by molar-refractivity contribution is -0.137. The van der Waals surface area contributed by atoms with Crippen LogP contribution in [-0.2, 0) is 9.53 Å². The Kier molecular flexibility index (Phi) is 10.2. The minimum atomic E-state index is -0.731. The minimum Gasteiger partial charge on any atom is -0.481 e. The van der Waals surface area contributed by atoms with Gasteiger partial charge in [0.2, 0.25) is 0 Å². The first-order valence-corrected chi connectivity index (χ1v) is 8.85. The Morgan fingerprint density at radius 1 is 1.05 bits per heavy atom. The van der Waals surface area contributed by atoms with Crippen LogP contribution in [0.15, 0.2) is 12.2 Å². The summed E-state index contributed by atoms with van der Waals surface area (Å²) in [5.74, 6) is -0.536. The third-order valence-corrected chi connectivity index (χ3v) is 4.34. The van der Waals surface area contributed by atoms with Crippen molar-refractivity contribution in [1.29, 1.82) is 0 Å². The van der Waals surface area contributed by atoms with Gasteiger partial charge in [-0.1, -0.05) is 57.6 Å². The van der Waals surface area contributed by atoms with Crippen molar-refractivity contribution in [3.05, 3.63) is 12.2 Å². The number of ether oxygens (including phenoxy) is 1. The summed E-state index contributed by atoms with van der Waals surface area (Å²) in [6.45, 7) is 2.86. The number of rotatable bonds is 13. The maximum absolute atomic E-state index is 10.4. The number of carbonyl (C=O) groups is 1. The first-order chi connectivity index (χ1) is 10.6.